The minimum absolute atomic E-state index is 0.198. The van der Waals surface area contributed by atoms with Crippen molar-refractivity contribution in [2.24, 2.45) is 11.3 Å². The van der Waals surface area contributed by atoms with E-state index in [0.717, 1.165) is 22.3 Å². The monoisotopic (exact) mass is 607 g/mol. The van der Waals surface area contributed by atoms with Gasteiger partial charge in [-0.15, -0.1) is 0 Å². The number of hydrogen-bond donors (Lipinski definition) is 3. The molecule has 1 aromatic rings. The van der Waals surface area contributed by atoms with E-state index in [4.69, 9.17) is 0 Å². The maximum absolute atomic E-state index is 13.7. The summed E-state index contributed by atoms with van der Waals surface area (Å²) in [5.74, 6) is -1.38. The lowest BCUT2D eigenvalue weighted by Crippen LogP contribution is -2.62. The largest absolute Gasteiger partial charge is 0.348 e. The molecule has 0 saturated carbocycles. The first-order chi connectivity index (χ1) is 20.6. The van der Waals surface area contributed by atoms with Crippen LogP contribution in [-0.2, 0) is 19.2 Å². The van der Waals surface area contributed by atoms with Crippen molar-refractivity contribution in [3.05, 3.63) is 59.2 Å². The number of amides is 4. The van der Waals surface area contributed by atoms with Crippen LogP contribution in [-0.4, -0.2) is 71.3 Å². The quantitative estimate of drug-likeness (QED) is 0.431. The Kier molecular flexibility index (Phi) is 13.1. The molecular formula is C35H53N5O4. The summed E-state index contributed by atoms with van der Waals surface area (Å²) in [5.41, 5.74) is 5.93. The van der Waals surface area contributed by atoms with Crippen molar-refractivity contribution in [1.82, 2.24) is 26.0 Å². The van der Waals surface area contributed by atoms with Gasteiger partial charge in [-0.25, -0.2) is 5.43 Å². The van der Waals surface area contributed by atoms with Crippen LogP contribution in [0.1, 0.15) is 84.9 Å². The molecule has 1 unspecified atom stereocenters. The van der Waals surface area contributed by atoms with Gasteiger partial charge in [0.15, 0.2) is 0 Å². The molecule has 0 spiro atoms. The second kappa shape index (κ2) is 15.8. The molecule has 4 bridgehead atoms. The maximum Gasteiger partial charge on any atom is 0.258 e. The Morgan fingerprint density at radius 3 is 2.20 bits per heavy atom. The van der Waals surface area contributed by atoms with Crippen molar-refractivity contribution < 1.29 is 19.2 Å². The molecule has 9 heteroatoms. The number of nitrogens with zero attached hydrogens (tertiary/aromatic N) is 2. The van der Waals surface area contributed by atoms with Gasteiger partial charge in [0.2, 0.25) is 17.7 Å². The normalized spacial score (nSPS) is 26.8. The zero-order valence-corrected chi connectivity index (χ0v) is 28.3. The Morgan fingerprint density at radius 1 is 0.955 bits per heavy atom. The lowest BCUT2D eigenvalue weighted by molar-refractivity contribution is -0.147. The fraction of sp³-hybridized carbons (Fsp3) is 0.543. The lowest BCUT2D eigenvalue weighted by Gasteiger charge is -2.37. The predicted octanol–water partition coefficient (Wildman–Crippen LogP) is 4.63. The minimum Gasteiger partial charge on any atom is -0.348 e. The number of rotatable bonds is 1. The number of hydrogen-bond acceptors (Lipinski definition) is 5. The molecule has 242 valence electrons. The molecule has 44 heavy (non-hydrogen) atoms. The second-order valence-electron chi connectivity index (χ2n) is 12.5. The highest BCUT2D eigenvalue weighted by Crippen LogP contribution is 2.26. The van der Waals surface area contributed by atoms with E-state index < -0.39 is 29.4 Å². The third-order valence-corrected chi connectivity index (χ3v) is 8.07. The summed E-state index contributed by atoms with van der Waals surface area (Å²) in [5, 5.41) is 7.22. The van der Waals surface area contributed by atoms with Crippen molar-refractivity contribution in [2.75, 3.05) is 13.6 Å². The van der Waals surface area contributed by atoms with E-state index in [0.29, 0.717) is 19.4 Å². The molecule has 0 aromatic heterocycles. The predicted molar refractivity (Wildman–Crippen MR) is 178 cm³/mol. The standard InChI is InChI=1S/C33H47N5O4.C2H6/c1-20(2)28-30(40)35-24(6)31(41)38-18-10-11-27(36-38)29(39)34-23(5)21(3)12-14-26-15-13-25(19-22(26)4)16-17-33(7,8)32(42)37(28)9;1-2/h12-17,19-20,23-24,27-28,36H,3,10-11,18H2,1-2,4-9H3,(H,34,39)(H,35,40);1-2H3/b14-12-,17-16+;/t23-,24+,27+,28?;/m1./s1. The van der Waals surface area contributed by atoms with Gasteiger partial charge in [-0.2, -0.15) is 0 Å². The number of nitrogens with one attached hydrogen (secondary N) is 3. The highest BCUT2D eigenvalue weighted by molar-refractivity contribution is 5.94. The van der Waals surface area contributed by atoms with Gasteiger partial charge in [-0.1, -0.05) is 76.8 Å². The van der Waals surface area contributed by atoms with Crippen molar-refractivity contribution in [3.8, 4) is 0 Å². The van der Waals surface area contributed by atoms with Crippen LogP contribution in [0.4, 0.5) is 0 Å². The first kappa shape index (κ1) is 36.5. The van der Waals surface area contributed by atoms with E-state index in [-0.39, 0.29) is 29.7 Å². The van der Waals surface area contributed by atoms with Gasteiger partial charge in [0, 0.05) is 13.6 Å². The Bertz CT molecular complexity index is 1280. The van der Waals surface area contributed by atoms with Crippen molar-refractivity contribution in [3.63, 3.8) is 0 Å². The van der Waals surface area contributed by atoms with Crippen molar-refractivity contribution in [2.45, 2.75) is 99.3 Å². The van der Waals surface area contributed by atoms with E-state index in [1.54, 1.807) is 14.0 Å². The molecule has 1 aromatic carbocycles. The smallest absolute Gasteiger partial charge is 0.258 e. The van der Waals surface area contributed by atoms with E-state index in [2.05, 4.69) is 22.6 Å². The van der Waals surface area contributed by atoms with Gasteiger partial charge in [-0.05, 0) is 75.6 Å². The average molecular weight is 608 g/mol. The van der Waals surface area contributed by atoms with Crippen LogP contribution in [0.15, 0.2) is 42.5 Å². The van der Waals surface area contributed by atoms with Crippen molar-refractivity contribution in [1.29, 1.82) is 0 Å². The number of hydrazine groups is 1. The first-order valence-electron chi connectivity index (χ1n) is 15.7. The van der Waals surface area contributed by atoms with Crippen LogP contribution in [0, 0.1) is 18.3 Å². The molecular weight excluding hydrogens is 554 g/mol. The Balaban J connectivity index is 0.00000330. The third-order valence-electron chi connectivity index (χ3n) is 8.07. The second-order valence-corrected chi connectivity index (χ2v) is 12.5. The Morgan fingerprint density at radius 2 is 1.59 bits per heavy atom. The Labute approximate surface area is 264 Å². The fourth-order valence-corrected chi connectivity index (χ4v) is 5.35. The molecule has 3 aliphatic heterocycles. The molecule has 1 saturated heterocycles. The number of likely N-dealkylation sites (N-methyl/N-ethyl adjacent to an activating group) is 1. The van der Waals surface area contributed by atoms with E-state index in [9.17, 15) is 19.2 Å². The zero-order chi connectivity index (χ0) is 33.4. The van der Waals surface area contributed by atoms with Crippen LogP contribution >= 0.6 is 0 Å². The number of benzene rings is 1. The van der Waals surface area contributed by atoms with Crippen LogP contribution in [0.25, 0.3) is 12.2 Å². The number of aryl methyl sites for hydroxylation is 1. The van der Waals surface area contributed by atoms with Crippen LogP contribution in [0.3, 0.4) is 0 Å². The summed E-state index contributed by atoms with van der Waals surface area (Å²) >= 11 is 0. The molecule has 0 aliphatic carbocycles. The first-order valence-corrected chi connectivity index (χ1v) is 15.7. The summed E-state index contributed by atoms with van der Waals surface area (Å²) in [6, 6.07) is 3.50. The molecule has 4 atom stereocenters. The van der Waals surface area contributed by atoms with Crippen LogP contribution < -0.4 is 16.1 Å². The molecule has 4 amide bonds. The van der Waals surface area contributed by atoms with Gasteiger partial charge >= 0.3 is 0 Å². The minimum atomic E-state index is -0.883. The highest BCUT2D eigenvalue weighted by Gasteiger charge is 2.38. The lowest BCUT2D eigenvalue weighted by atomic mass is 9.88. The van der Waals surface area contributed by atoms with Gasteiger partial charge in [0.05, 0.1) is 11.5 Å². The highest BCUT2D eigenvalue weighted by atomic mass is 16.2. The van der Waals surface area contributed by atoms with Crippen LogP contribution in [0.5, 0.6) is 0 Å². The van der Waals surface area contributed by atoms with E-state index >= 15 is 0 Å². The molecule has 3 heterocycles. The molecule has 1 fully saturated rings. The number of fused-ring (bicyclic) bond motifs is 14. The molecule has 4 rings (SSSR count). The Hall–Kier alpha value is -3.72. The molecule has 3 aliphatic rings. The topological polar surface area (TPSA) is 111 Å². The summed E-state index contributed by atoms with van der Waals surface area (Å²) in [7, 11) is 1.63. The molecule has 3 N–H and O–H groups in total. The van der Waals surface area contributed by atoms with Gasteiger partial charge in [0.1, 0.15) is 18.1 Å². The molecule has 9 nitrogen and oxygen atoms in total. The molecule has 0 radical (unpaired) electrons. The summed E-state index contributed by atoms with van der Waals surface area (Å²) < 4.78 is 0. The fourth-order valence-electron chi connectivity index (χ4n) is 5.35. The van der Waals surface area contributed by atoms with E-state index in [1.165, 1.54) is 9.91 Å². The SMILES string of the molecule is C=C1/C=C\c2ccc(cc2C)/C=C/C(C)(C)C(=O)N(C)C(C(C)C)C(=O)N[C@@H](C)C(=O)N2CCC[C@H](N2)C(=O)N[C@@H]1C.CC. The van der Waals surface area contributed by atoms with Gasteiger partial charge in [0.25, 0.3) is 5.91 Å². The van der Waals surface area contributed by atoms with Crippen LogP contribution in [0.2, 0.25) is 0 Å². The summed E-state index contributed by atoms with van der Waals surface area (Å²) in [6.45, 7) is 21.5. The average Bonchev–Trinajstić information content (AvgIpc) is 2.98. The van der Waals surface area contributed by atoms with Gasteiger partial charge in [-0.3, -0.25) is 24.2 Å². The maximum atomic E-state index is 13.7. The van der Waals surface area contributed by atoms with Crippen molar-refractivity contribution >= 4 is 35.8 Å². The third kappa shape index (κ3) is 9.14. The van der Waals surface area contributed by atoms with Gasteiger partial charge < -0.3 is 15.5 Å². The zero-order valence-electron chi connectivity index (χ0n) is 28.3. The number of carbonyl (C=O) groups excluding carboxylic acids is 4. The number of carbonyl (C=O) groups is 4. The van der Waals surface area contributed by atoms with E-state index in [1.807, 2.05) is 97.9 Å². The summed E-state index contributed by atoms with van der Waals surface area (Å²) in [4.78, 5) is 55.0. The summed E-state index contributed by atoms with van der Waals surface area (Å²) in [6.07, 6.45) is 8.86.